The minimum Gasteiger partial charge on any atom is -0.376 e. The van der Waals surface area contributed by atoms with Crippen LogP contribution in [-0.2, 0) is 0 Å². The largest absolute Gasteiger partial charge is 0.376 e. The van der Waals surface area contributed by atoms with E-state index in [2.05, 4.69) is 36.5 Å². The first-order chi connectivity index (χ1) is 9.65. The molecule has 1 aliphatic rings. The highest BCUT2D eigenvalue weighted by atomic mass is 19.1. The smallest absolute Gasteiger partial charge is 0.146 e. The summed E-state index contributed by atoms with van der Waals surface area (Å²) in [7, 11) is 0. The van der Waals surface area contributed by atoms with E-state index in [1.54, 1.807) is 6.07 Å². The van der Waals surface area contributed by atoms with Gasteiger partial charge in [0.05, 0.1) is 11.7 Å². The Kier molecular flexibility index (Phi) is 3.47. The summed E-state index contributed by atoms with van der Waals surface area (Å²) in [6.07, 6.45) is 2.19. The lowest BCUT2D eigenvalue weighted by Gasteiger charge is -2.31. The number of rotatable bonds is 2. The van der Waals surface area contributed by atoms with Gasteiger partial charge in [0.15, 0.2) is 0 Å². The van der Waals surface area contributed by atoms with Gasteiger partial charge in [-0.25, -0.2) is 4.39 Å². The minimum absolute atomic E-state index is 0.166. The van der Waals surface area contributed by atoms with Gasteiger partial charge in [0, 0.05) is 0 Å². The average Bonchev–Trinajstić information content (AvgIpc) is 2.45. The van der Waals surface area contributed by atoms with E-state index in [-0.39, 0.29) is 11.9 Å². The van der Waals surface area contributed by atoms with Crippen molar-refractivity contribution in [1.29, 1.82) is 0 Å². The van der Waals surface area contributed by atoms with Crippen molar-refractivity contribution in [2.24, 2.45) is 0 Å². The normalized spacial score (nSPS) is 21.4. The molecular weight excluding hydrogens is 249 g/mol. The lowest BCUT2D eigenvalue weighted by atomic mass is 9.81. The summed E-state index contributed by atoms with van der Waals surface area (Å²) in [6, 6.07) is 14.1. The zero-order chi connectivity index (χ0) is 14.1. The van der Waals surface area contributed by atoms with Crippen molar-refractivity contribution < 1.29 is 4.39 Å². The second kappa shape index (κ2) is 5.28. The Hall–Kier alpha value is -1.83. The van der Waals surface area contributed by atoms with Gasteiger partial charge in [-0.2, -0.15) is 0 Å². The molecule has 0 spiro atoms. The summed E-state index contributed by atoms with van der Waals surface area (Å²) >= 11 is 0. The molecule has 20 heavy (non-hydrogen) atoms. The molecule has 2 aromatic carbocycles. The van der Waals surface area contributed by atoms with Crippen molar-refractivity contribution in [2.75, 3.05) is 5.32 Å². The third-order valence-electron chi connectivity index (χ3n) is 4.25. The molecule has 0 aliphatic heterocycles. The lowest BCUT2D eigenvalue weighted by Crippen LogP contribution is -2.19. The van der Waals surface area contributed by atoms with E-state index >= 15 is 0 Å². The number of anilines is 1. The van der Waals surface area contributed by atoms with Crippen LogP contribution in [0.4, 0.5) is 10.1 Å². The highest BCUT2D eigenvalue weighted by Gasteiger charge is 2.24. The molecule has 0 saturated heterocycles. The van der Waals surface area contributed by atoms with Crippen LogP contribution in [-0.4, -0.2) is 0 Å². The predicted octanol–water partition coefficient (Wildman–Crippen LogP) is 5.18. The first kappa shape index (κ1) is 13.2. The van der Waals surface area contributed by atoms with Crippen molar-refractivity contribution in [1.82, 2.24) is 0 Å². The van der Waals surface area contributed by atoms with Gasteiger partial charge in [0.1, 0.15) is 5.82 Å². The zero-order valence-electron chi connectivity index (χ0n) is 12.0. The molecule has 2 unspecified atom stereocenters. The highest BCUT2D eigenvalue weighted by molar-refractivity contribution is 5.50. The minimum atomic E-state index is -0.166. The van der Waals surface area contributed by atoms with Gasteiger partial charge in [-0.15, -0.1) is 0 Å². The molecule has 1 N–H and O–H groups in total. The molecule has 0 amide bonds. The van der Waals surface area contributed by atoms with Crippen LogP contribution in [0.5, 0.6) is 0 Å². The number of halogens is 1. The van der Waals surface area contributed by atoms with Crippen LogP contribution in [0.3, 0.4) is 0 Å². The average molecular weight is 269 g/mol. The van der Waals surface area contributed by atoms with E-state index in [4.69, 9.17) is 0 Å². The molecule has 0 radical (unpaired) electrons. The maximum Gasteiger partial charge on any atom is 0.146 e. The molecule has 0 aromatic heterocycles. The second-order valence-electron chi connectivity index (χ2n) is 5.79. The molecule has 2 atom stereocenters. The van der Waals surface area contributed by atoms with Gasteiger partial charge in [-0.05, 0) is 54.5 Å². The summed E-state index contributed by atoms with van der Waals surface area (Å²) in [5, 5.41) is 3.38. The number of hydrogen-bond acceptors (Lipinski definition) is 1. The fraction of sp³-hybridized carbons (Fsp3) is 0.333. The van der Waals surface area contributed by atoms with Gasteiger partial charge in [-0.1, -0.05) is 37.3 Å². The van der Waals surface area contributed by atoms with Crippen molar-refractivity contribution in [3.63, 3.8) is 0 Å². The summed E-state index contributed by atoms with van der Waals surface area (Å²) in [4.78, 5) is 0. The molecule has 2 heteroatoms. The van der Waals surface area contributed by atoms with Crippen LogP contribution < -0.4 is 5.32 Å². The van der Waals surface area contributed by atoms with Crippen LogP contribution in [0.1, 0.15) is 48.4 Å². The zero-order valence-corrected chi connectivity index (χ0v) is 12.0. The molecule has 0 fully saturated rings. The Morgan fingerprint density at radius 1 is 1.05 bits per heavy atom. The van der Waals surface area contributed by atoms with Crippen LogP contribution in [0.25, 0.3) is 0 Å². The van der Waals surface area contributed by atoms with E-state index < -0.39 is 0 Å². The number of aryl methyl sites for hydroxylation is 1. The van der Waals surface area contributed by atoms with Crippen LogP contribution >= 0.6 is 0 Å². The van der Waals surface area contributed by atoms with E-state index in [1.165, 1.54) is 11.1 Å². The lowest BCUT2D eigenvalue weighted by molar-refractivity contribution is 0.531. The number of benzene rings is 2. The molecule has 0 bridgehead atoms. The fourth-order valence-corrected chi connectivity index (χ4v) is 3.08. The molecule has 2 aromatic rings. The first-order valence-electron chi connectivity index (χ1n) is 7.26. The topological polar surface area (TPSA) is 12.0 Å². The third kappa shape index (κ3) is 2.43. The number of fused-ring (bicyclic) bond motifs is 1. The van der Waals surface area contributed by atoms with Crippen LogP contribution in [0.15, 0.2) is 42.5 Å². The van der Waals surface area contributed by atoms with E-state index in [1.807, 2.05) is 19.1 Å². The molecular formula is C18H20FN. The van der Waals surface area contributed by atoms with E-state index in [0.717, 1.165) is 18.4 Å². The summed E-state index contributed by atoms with van der Waals surface area (Å²) in [6.45, 7) is 4.17. The summed E-state index contributed by atoms with van der Waals surface area (Å²) in [5.41, 5.74) is 4.26. The van der Waals surface area contributed by atoms with Gasteiger partial charge in [0.25, 0.3) is 0 Å². The molecule has 1 aliphatic carbocycles. The first-order valence-corrected chi connectivity index (χ1v) is 7.26. The van der Waals surface area contributed by atoms with Gasteiger partial charge in [-0.3, -0.25) is 0 Å². The Balaban J connectivity index is 1.90. The third-order valence-corrected chi connectivity index (χ3v) is 4.25. The van der Waals surface area contributed by atoms with Gasteiger partial charge in [0.2, 0.25) is 0 Å². The van der Waals surface area contributed by atoms with Crippen LogP contribution in [0.2, 0.25) is 0 Å². The van der Waals surface area contributed by atoms with Gasteiger partial charge >= 0.3 is 0 Å². The van der Waals surface area contributed by atoms with E-state index in [0.29, 0.717) is 11.6 Å². The molecule has 0 saturated carbocycles. The number of nitrogens with one attached hydrogen (secondary N) is 1. The Bertz CT molecular complexity index is 621. The SMILES string of the molecule is Cc1ccc(NC2CCC(C)c3ccccc32)c(F)c1. The highest BCUT2D eigenvalue weighted by Crippen LogP contribution is 2.39. The van der Waals surface area contributed by atoms with E-state index in [9.17, 15) is 4.39 Å². The quantitative estimate of drug-likeness (QED) is 0.791. The fourth-order valence-electron chi connectivity index (χ4n) is 3.08. The molecule has 0 heterocycles. The van der Waals surface area contributed by atoms with Gasteiger partial charge < -0.3 is 5.32 Å². The Morgan fingerprint density at radius 2 is 1.80 bits per heavy atom. The monoisotopic (exact) mass is 269 g/mol. The van der Waals surface area contributed by atoms with Crippen molar-refractivity contribution in [3.8, 4) is 0 Å². The molecule has 3 rings (SSSR count). The Morgan fingerprint density at radius 3 is 2.55 bits per heavy atom. The second-order valence-corrected chi connectivity index (χ2v) is 5.79. The Labute approximate surface area is 119 Å². The summed E-state index contributed by atoms with van der Waals surface area (Å²) in [5.74, 6) is 0.424. The predicted molar refractivity (Wildman–Crippen MR) is 81.6 cm³/mol. The number of hydrogen-bond donors (Lipinski definition) is 1. The van der Waals surface area contributed by atoms with Crippen molar-refractivity contribution >= 4 is 5.69 Å². The van der Waals surface area contributed by atoms with Crippen molar-refractivity contribution in [2.45, 2.75) is 38.6 Å². The molecule has 1 nitrogen and oxygen atoms in total. The maximum absolute atomic E-state index is 14.0. The summed E-state index contributed by atoms with van der Waals surface area (Å²) < 4.78 is 14.0. The standard InChI is InChI=1S/C18H20FN/c1-12-7-9-18(16(19)11-12)20-17-10-8-13(2)14-5-3-4-6-15(14)17/h3-7,9,11,13,17,20H,8,10H2,1-2H3. The maximum atomic E-state index is 14.0. The van der Waals surface area contributed by atoms with Crippen LogP contribution in [0, 0.1) is 12.7 Å². The molecule has 104 valence electrons. The van der Waals surface area contributed by atoms with Crippen molar-refractivity contribution in [3.05, 3.63) is 65.0 Å².